The molecule has 90 valence electrons. The Kier molecular flexibility index (Phi) is 3.44. The molecule has 0 aliphatic carbocycles. The summed E-state index contributed by atoms with van der Waals surface area (Å²) < 4.78 is 1.97. The summed E-state index contributed by atoms with van der Waals surface area (Å²) in [7, 11) is 0. The molecule has 0 saturated carbocycles. The molecule has 0 radical (unpaired) electrons. The van der Waals surface area contributed by atoms with Gasteiger partial charge in [-0.15, -0.1) is 12.4 Å². The number of halogens is 1. The average Bonchev–Trinajstić information content (AvgIpc) is 2.82. The van der Waals surface area contributed by atoms with E-state index < -0.39 is 0 Å². The first-order valence-electron chi connectivity index (χ1n) is 5.36. The molecule has 18 heavy (non-hydrogen) atoms. The number of carbonyl (C=O) groups is 1. The van der Waals surface area contributed by atoms with Crippen LogP contribution in [0.5, 0.6) is 0 Å². The van der Waals surface area contributed by atoms with E-state index in [1.165, 1.54) is 0 Å². The molecule has 0 unspecified atom stereocenters. The molecule has 3 nitrogen and oxygen atoms in total. The third-order valence-electron chi connectivity index (χ3n) is 2.74. The molecule has 0 aliphatic rings. The topological polar surface area (TPSA) is 34.9 Å². The molecule has 3 rings (SSSR count). The van der Waals surface area contributed by atoms with Crippen molar-refractivity contribution in [3.8, 4) is 5.69 Å². The Bertz CT molecular complexity index is 691. The lowest BCUT2D eigenvalue weighted by atomic mass is 10.2. The number of para-hydroxylation sites is 2. The lowest BCUT2D eigenvalue weighted by Gasteiger charge is -2.04. The summed E-state index contributed by atoms with van der Waals surface area (Å²) in [5, 5.41) is 0. The monoisotopic (exact) mass is 258 g/mol. The molecule has 0 amide bonds. The van der Waals surface area contributed by atoms with Gasteiger partial charge in [-0.25, -0.2) is 4.98 Å². The Labute approximate surface area is 110 Å². The fourth-order valence-electron chi connectivity index (χ4n) is 1.91. The third kappa shape index (κ3) is 2.00. The predicted molar refractivity (Wildman–Crippen MR) is 73.7 cm³/mol. The van der Waals surface area contributed by atoms with Crippen molar-refractivity contribution in [1.82, 2.24) is 9.55 Å². The fourth-order valence-corrected chi connectivity index (χ4v) is 1.91. The maximum atomic E-state index is 10.8. The van der Waals surface area contributed by atoms with Crippen molar-refractivity contribution in [2.75, 3.05) is 0 Å². The number of rotatable bonds is 2. The van der Waals surface area contributed by atoms with Crippen LogP contribution in [0.15, 0.2) is 54.9 Å². The summed E-state index contributed by atoms with van der Waals surface area (Å²) in [6.45, 7) is 0. The first-order chi connectivity index (χ1) is 8.38. The quantitative estimate of drug-likeness (QED) is 0.662. The van der Waals surface area contributed by atoms with Gasteiger partial charge in [0.05, 0.1) is 11.0 Å². The fraction of sp³-hybridized carbons (Fsp3) is 0. The van der Waals surface area contributed by atoms with Crippen LogP contribution >= 0.6 is 12.4 Å². The van der Waals surface area contributed by atoms with Gasteiger partial charge in [-0.05, 0) is 24.3 Å². The first kappa shape index (κ1) is 12.3. The maximum Gasteiger partial charge on any atom is 0.150 e. The van der Waals surface area contributed by atoms with E-state index in [1.54, 1.807) is 12.4 Å². The highest BCUT2D eigenvalue weighted by Gasteiger charge is 2.03. The molecular formula is C14H11ClN2O. The SMILES string of the molecule is Cl.O=Cc1cccc(-n2cnc3ccccc32)c1. The Balaban J connectivity index is 0.00000120. The molecule has 0 atom stereocenters. The van der Waals surface area contributed by atoms with Gasteiger partial charge in [0.15, 0.2) is 0 Å². The molecule has 0 spiro atoms. The molecule has 0 aliphatic heterocycles. The summed E-state index contributed by atoms with van der Waals surface area (Å²) in [6, 6.07) is 15.4. The van der Waals surface area contributed by atoms with Crippen molar-refractivity contribution in [2.45, 2.75) is 0 Å². The summed E-state index contributed by atoms with van der Waals surface area (Å²) in [6.07, 6.45) is 2.62. The summed E-state index contributed by atoms with van der Waals surface area (Å²) in [5.41, 5.74) is 3.60. The van der Waals surface area contributed by atoms with Crippen molar-refractivity contribution >= 4 is 29.7 Å². The molecule has 1 heterocycles. The Morgan fingerprint density at radius 1 is 1.06 bits per heavy atom. The van der Waals surface area contributed by atoms with Gasteiger partial charge in [0.2, 0.25) is 0 Å². The number of carbonyl (C=O) groups excluding carboxylic acids is 1. The van der Waals surface area contributed by atoms with Crippen LogP contribution in [-0.4, -0.2) is 15.8 Å². The summed E-state index contributed by atoms with van der Waals surface area (Å²) in [4.78, 5) is 15.1. The van der Waals surface area contributed by atoms with Gasteiger partial charge in [-0.3, -0.25) is 9.36 Å². The number of benzene rings is 2. The van der Waals surface area contributed by atoms with Crippen LogP contribution in [0.4, 0.5) is 0 Å². The second-order valence-corrected chi connectivity index (χ2v) is 3.82. The number of hydrogen-bond acceptors (Lipinski definition) is 2. The van der Waals surface area contributed by atoms with Crippen LogP contribution < -0.4 is 0 Å². The van der Waals surface area contributed by atoms with Crippen molar-refractivity contribution in [3.05, 3.63) is 60.4 Å². The van der Waals surface area contributed by atoms with Crippen LogP contribution in [0.2, 0.25) is 0 Å². The van der Waals surface area contributed by atoms with Gasteiger partial charge in [0.1, 0.15) is 12.6 Å². The lowest BCUT2D eigenvalue weighted by Crippen LogP contribution is -1.92. The van der Waals surface area contributed by atoms with Crippen molar-refractivity contribution in [3.63, 3.8) is 0 Å². The molecule has 1 aromatic heterocycles. The minimum absolute atomic E-state index is 0. The maximum absolute atomic E-state index is 10.8. The van der Waals surface area contributed by atoms with E-state index >= 15 is 0 Å². The molecule has 0 bridgehead atoms. The van der Waals surface area contributed by atoms with E-state index in [1.807, 2.05) is 47.0 Å². The number of fused-ring (bicyclic) bond motifs is 1. The Morgan fingerprint density at radius 2 is 1.89 bits per heavy atom. The van der Waals surface area contributed by atoms with E-state index in [0.29, 0.717) is 5.56 Å². The third-order valence-corrected chi connectivity index (χ3v) is 2.74. The van der Waals surface area contributed by atoms with Gasteiger partial charge < -0.3 is 0 Å². The largest absolute Gasteiger partial charge is 0.299 e. The highest BCUT2D eigenvalue weighted by Crippen LogP contribution is 2.18. The molecule has 0 N–H and O–H groups in total. The summed E-state index contributed by atoms with van der Waals surface area (Å²) >= 11 is 0. The zero-order valence-electron chi connectivity index (χ0n) is 9.48. The van der Waals surface area contributed by atoms with Crippen LogP contribution in [-0.2, 0) is 0 Å². The average molecular weight is 259 g/mol. The van der Waals surface area contributed by atoms with E-state index in [2.05, 4.69) is 4.98 Å². The van der Waals surface area contributed by atoms with E-state index in [9.17, 15) is 4.79 Å². The van der Waals surface area contributed by atoms with Crippen LogP contribution in [0.25, 0.3) is 16.7 Å². The smallest absolute Gasteiger partial charge is 0.150 e. The Morgan fingerprint density at radius 3 is 2.72 bits per heavy atom. The molecule has 3 aromatic rings. The minimum atomic E-state index is 0. The zero-order valence-corrected chi connectivity index (χ0v) is 10.3. The zero-order chi connectivity index (χ0) is 11.7. The normalized spacial score (nSPS) is 10.0. The highest BCUT2D eigenvalue weighted by molar-refractivity contribution is 5.85. The van der Waals surface area contributed by atoms with Crippen molar-refractivity contribution in [2.24, 2.45) is 0 Å². The molecule has 4 heteroatoms. The van der Waals surface area contributed by atoms with Crippen LogP contribution in [0.1, 0.15) is 10.4 Å². The van der Waals surface area contributed by atoms with E-state index in [-0.39, 0.29) is 12.4 Å². The number of imidazole rings is 1. The van der Waals surface area contributed by atoms with E-state index in [0.717, 1.165) is 23.0 Å². The van der Waals surface area contributed by atoms with Crippen LogP contribution in [0, 0.1) is 0 Å². The number of aromatic nitrogens is 2. The highest BCUT2D eigenvalue weighted by atomic mass is 35.5. The molecular weight excluding hydrogens is 248 g/mol. The predicted octanol–water partition coefficient (Wildman–Crippen LogP) is 3.26. The standard InChI is InChI=1S/C14H10N2O.ClH/c17-9-11-4-3-5-12(8-11)16-10-15-13-6-1-2-7-14(13)16;/h1-10H;1H. The van der Waals surface area contributed by atoms with Gasteiger partial charge in [-0.1, -0.05) is 24.3 Å². The first-order valence-corrected chi connectivity index (χ1v) is 5.36. The second kappa shape index (κ2) is 5.02. The lowest BCUT2D eigenvalue weighted by molar-refractivity contribution is 0.112. The van der Waals surface area contributed by atoms with Gasteiger partial charge in [0.25, 0.3) is 0 Å². The Hall–Kier alpha value is -2.13. The molecule has 0 saturated heterocycles. The second-order valence-electron chi connectivity index (χ2n) is 3.82. The molecule has 0 fully saturated rings. The van der Waals surface area contributed by atoms with Gasteiger partial charge in [0, 0.05) is 11.3 Å². The van der Waals surface area contributed by atoms with Crippen molar-refractivity contribution in [1.29, 1.82) is 0 Å². The minimum Gasteiger partial charge on any atom is -0.299 e. The summed E-state index contributed by atoms with van der Waals surface area (Å²) in [5.74, 6) is 0. The van der Waals surface area contributed by atoms with E-state index in [4.69, 9.17) is 0 Å². The van der Waals surface area contributed by atoms with Crippen LogP contribution in [0.3, 0.4) is 0 Å². The molecule has 2 aromatic carbocycles. The van der Waals surface area contributed by atoms with Gasteiger partial charge in [-0.2, -0.15) is 0 Å². The van der Waals surface area contributed by atoms with Gasteiger partial charge >= 0.3 is 0 Å². The number of hydrogen-bond donors (Lipinski definition) is 0. The number of aldehydes is 1. The van der Waals surface area contributed by atoms with Crippen molar-refractivity contribution < 1.29 is 4.79 Å². The number of nitrogens with zero attached hydrogens (tertiary/aromatic N) is 2.